The number of hydrogen-bond donors (Lipinski definition) is 0. The minimum absolute atomic E-state index is 0.957. The van der Waals surface area contributed by atoms with Crippen LogP contribution in [0.5, 0.6) is 0 Å². The van der Waals surface area contributed by atoms with Crippen LogP contribution in [0.15, 0.2) is 0 Å². The standard InChI is InChI=1S/C29H61Si/c1-5-9-10-11-12-13-14-15-16-17-18-19-20-21-22-23-24-25-26-27-28-29-30(6-2,7-3)8-4/h29H,5-28H2,1-4H3. The van der Waals surface area contributed by atoms with E-state index < -0.39 is 8.07 Å². The van der Waals surface area contributed by atoms with Crippen molar-refractivity contribution in [3.8, 4) is 0 Å². The van der Waals surface area contributed by atoms with Crippen molar-refractivity contribution < 1.29 is 0 Å². The highest BCUT2D eigenvalue weighted by atomic mass is 28.3. The third kappa shape index (κ3) is 18.9. The van der Waals surface area contributed by atoms with E-state index in [2.05, 4.69) is 33.7 Å². The van der Waals surface area contributed by atoms with Crippen molar-refractivity contribution in [2.75, 3.05) is 0 Å². The molecule has 0 spiro atoms. The monoisotopic (exact) mass is 437 g/mol. The molecule has 30 heavy (non-hydrogen) atoms. The lowest BCUT2D eigenvalue weighted by molar-refractivity contribution is 0.522. The minimum Gasteiger partial charge on any atom is -0.0678 e. The molecule has 0 aromatic carbocycles. The van der Waals surface area contributed by atoms with Gasteiger partial charge >= 0.3 is 0 Å². The molecule has 0 rings (SSSR count). The first-order valence-electron chi connectivity index (χ1n) is 14.6. The zero-order valence-electron chi connectivity index (χ0n) is 22.0. The lowest BCUT2D eigenvalue weighted by atomic mass is 10.0. The second-order valence-corrected chi connectivity index (χ2v) is 15.4. The SMILES string of the molecule is CCCCCCCCCCCCCCCCCCCCCC[CH][Si](CC)(CC)CC. The molecule has 0 atom stereocenters. The molecular weight excluding hydrogens is 376 g/mol. The lowest BCUT2D eigenvalue weighted by Gasteiger charge is -2.27. The molecule has 0 N–H and O–H groups in total. The molecule has 0 amide bonds. The average Bonchev–Trinajstić information content (AvgIpc) is 2.78. The van der Waals surface area contributed by atoms with Gasteiger partial charge in [-0.2, -0.15) is 0 Å². The van der Waals surface area contributed by atoms with Crippen molar-refractivity contribution >= 4 is 8.07 Å². The molecule has 181 valence electrons. The van der Waals surface area contributed by atoms with Gasteiger partial charge in [0.15, 0.2) is 0 Å². The highest BCUT2D eigenvalue weighted by molar-refractivity contribution is 6.82. The van der Waals surface area contributed by atoms with E-state index in [1.807, 2.05) is 0 Å². The molecular formula is C29H61Si. The summed E-state index contributed by atoms with van der Waals surface area (Å²) in [5, 5.41) is 0. The van der Waals surface area contributed by atoms with Gasteiger partial charge in [-0.25, -0.2) is 0 Å². The summed E-state index contributed by atoms with van der Waals surface area (Å²) in [4.78, 5) is 0. The minimum atomic E-state index is -0.957. The maximum Gasteiger partial charge on any atom is 0.0558 e. The molecule has 0 saturated carbocycles. The Balaban J connectivity index is 3.16. The first-order valence-corrected chi connectivity index (χ1v) is 17.3. The fraction of sp³-hybridized carbons (Fsp3) is 0.966. The topological polar surface area (TPSA) is 0 Å². The highest BCUT2D eigenvalue weighted by Gasteiger charge is 2.25. The van der Waals surface area contributed by atoms with Crippen LogP contribution in [0.3, 0.4) is 0 Å². The van der Waals surface area contributed by atoms with Crippen molar-refractivity contribution in [1.29, 1.82) is 0 Å². The first kappa shape index (κ1) is 30.2. The molecule has 0 fully saturated rings. The van der Waals surface area contributed by atoms with Gasteiger partial charge in [-0.05, 0) is 6.04 Å². The van der Waals surface area contributed by atoms with E-state index >= 15 is 0 Å². The fourth-order valence-corrected chi connectivity index (χ4v) is 8.17. The zero-order valence-corrected chi connectivity index (χ0v) is 23.0. The summed E-state index contributed by atoms with van der Waals surface area (Å²) < 4.78 is 0. The Morgan fingerprint density at radius 1 is 0.367 bits per heavy atom. The summed E-state index contributed by atoms with van der Waals surface area (Å²) in [6, 6.07) is 7.17. The van der Waals surface area contributed by atoms with Gasteiger partial charge < -0.3 is 0 Å². The Labute approximate surface area is 194 Å². The third-order valence-electron chi connectivity index (χ3n) is 7.75. The van der Waals surface area contributed by atoms with Crippen molar-refractivity contribution in [2.24, 2.45) is 0 Å². The van der Waals surface area contributed by atoms with Gasteiger partial charge in [-0.1, -0.05) is 181 Å². The van der Waals surface area contributed by atoms with Crippen molar-refractivity contribution in [1.82, 2.24) is 0 Å². The lowest BCUT2D eigenvalue weighted by Crippen LogP contribution is -2.32. The van der Waals surface area contributed by atoms with Crippen molar-refractivity contribution in [3.63, 3.8) is 0 Å². The summed E-state index contributed by atoms with van der Waals surface area (Å²) in [5.74, 6) is 0. The van der Waals surface area contributed by atoms with Gasteiger partial charge in [0, 0.05) is 0 Å². The predicted molar refractivity (Wildman–Crippen MR) is 144 cm³/mol. The molecule has 0 aromatic rings. The summed E-state index contributed by atoms with van der Waals surface area (Å²) in [7, 11) is -0.957. The van der Waals surface area contributed by atoms with E-state index in [9.17, 15) is 0 Å². The van der Waals surface area contributed by atoms with E-state index in [0.717, 1.165) is 0 Å². The molecule has 0 aliphatic heterocycles. The van der Waals surface area contributed by atoms with Gasteiger partial charge in [0.05, 0.1) is 8.07 Å². The van der Waals surface area contributed by atoms with Gasteiger partial charge in [-0.3, -0.25) is 0 Å². The maximum absolute atomic E-state index is 2.79. The van der Waals surface area contributed by atoms with Gasteiger partial charge in [0.1, 0.15) is 0 Å². The van der Waals surface area contributed by atoms with Crippen LogP contribution in [0, 0.1) is 6.04 Å². The van der Waals surface area contributed by atoms with Crippen molar-refractivity contribution in [2.45, 2.75) is 181 Å². The summed E-state index contributed by atoms with van der Waals surface area (Å²) in [6.45, 7) is 9.58. The van der Waals surface area contributed by atoms with Gasteiger partial charge in [0.2, 0.25) is 0 Å². The van der Waals surface area contributed by atoms with E-state index in [0.29, 0.717) is 0 Å². The molecule has 0 unspecified atom stereocenters. The van der Waals surface area contributed by atoms with E-state index in [4.69, 9.17) is 0 Å². The summed E-state index contributed by atoms with van der Waals surface area (Å²) in [5.41, 5.74) is 0. The molecule has 1 heteroatoms. The summed E-state index contributed by atoms with van der Waals surface area (Å²) in [6.07, 6.45) is 30.9. The van der Waals surface area contributed by atoms with Gasteiger partial charge in [-0.15, -0.1) is 0 Å². The molecule has 0 bridgehead atoms. The molecule has 0 aliphatic rings. The number of rotatable bonds is 25. The fourth-order valence-electron chi connectivity index (χ4n) is 4.99. The van der Waals surface area contributed by atoms with E-state index in [1.165, 1.54) is 153 Å². The second-order valence-electron chi connectivity index (χ2n) is 10.1. The van der Waals surface area contributed by atoms with Crippen LogP contribution in [0.25, 0.3) is 0 Å². The molecule has 0 aliphatic carbocycles. The van der Waals surface area contributed by atoms with Crippen LogP contribution in [0.2, 0.25) is 18.1 Å². The van der Waals surface area contributed by atoms with Gasteiger partial charge in [0.25, 0.3) is 0 Å². The normalized spacial score (nSPS) is 12.0. The molecule has 1 radical (unpaired) electrons. The second kappa shape index (κ2) is 23.9. The van der Waals surface area contributed by atoms with Crippen molar-refractivity contribution in [3.05, 3.63) is 6.04 Å². The van der Waals surface area contributed by atoms with E-state index in [-0.39, 0.29) is 0 Å². The number of unbranched alkanes of at least 4 members (excludes halogenated alkanes) is 20. The zero-order chi connectivity index (χ0) is 22.2. The molecule has 0 saturated heterocycles. The Bertz CT molecular complexity index is 299. The molecule has 0 aromatic heterocycles. The molecule has 0 heterocycles. The predicted octanol–water partition coefficient (Wildman–Crippen LogP) is 11.5. The third-order valence-corrected chi connectivity index (χ3v) is 13.1. The van der Waals surface area contributed by atoms with Crippen LogP contribution in [0.1, 0.15) is 163 Å². The Morgan fingerprint density at radius 2 is 0.633 bits per heavy atom. The Morgan fingerprint density at radius 3 is 0.900 bits per heavy atom. The largest absolute Gasteiger partial charge is 0.0678 e. The highest BCUT2D eigenvalue weighted by Crippen LogP contribution is 2.26. The van der Waals surface area contributed by atoms with Crippen LogP contribution < -0.4 is 0 Å². The van der Waals surface area contributed by atoms with Crippen LogP contribution in [-0.4, -0.2) is 8.07 Å². The average molecular weight is 438 g/mol. The van der Waals surface area contributed by atoms with Crippen LogP contribution in [-0.2, 0) is 0 Å². The summed E-state index contributed by atoms with van der Waals surface area (Å²) >= 11 is 0. The Hall–Kier alpha value is 0.217. The van der Waals surface area contributed by atoms with Crippen LogP contribution in [0.4, 0.5) is 0 Å². The first-order chi connectivity index (χ1) is 14.7. The Kier molecular flexibility index (Phi) is 24.0. The molecule has 0 nitrogen and oxygen atoms in total. The van der Waals surface area contributed by atoms with Crippen LogP contribution >= 0.6 is 0 Å². The quantitative estimate of drug-likeness (QED) is 0.0983. The van der Waals surface area contributed by atoms with E-state index in [1.54, 1.807) is 0 Å². The number of hydrogen-bond acceptors (Lipinski definition) is 0. The smallest absolute Gasteiger partial charge is 0.0558 e. The maximum atomic E-state index is 2.79.